The Bertz CT molecular complexity index is 486. The van der Waals surface area contributed by atoms with Crippen LogP contribution >= 0.6 is 0 Å². The molecule has 1 aromatic carbocycles. The molecule has 0 bridgehead atoms. The lowest BCUT2D eigenvalue weighted by Gasteiger charge is -2.19. The summed E-state index contributed by atoms with van der Waals surface area (Å²) in [6.45, 7) is 1.26. The van der Waals surface area contributed by atoms with Crippen molar-refractivity contribution in [1.82, 2.24) is 0 Å². The Kier molecular flexibility index (Phi) is 2.60. The van der Waals surface area contributed by atoms with Crippen LogP contribution in [0.4, 0.5) is 0 Å². The zero-order chi connectivity index (χ0) is 12.8. The fourth-order valence-electron chi connectivity index (χ4n) is 3.40. The second-order valence-electron chi connectivity index (χ2n) is 5.55. The number of rotatable bonds is 4. The zero-order valence-electron chi connectivity index (χ0n) is 10.5. The molecule has 1 saturated carbocycles. The topological polar surface area (TPSA) is 48.1 Å². The van der Waals surface area contributed by atoms with Gasteiger partial charge in [0.15, 0.2) is 0 Å². The first-order valence-electron chi connectivity index (χ1n) is 6.79. The Hall–Kier alpha value is -1.39. The number of benzene rings is 1. The first-order chi connectivity index (χ1) is 9.33. The van der Waals surface area contributed by atoms with E-state index < -0.39 is 0 Å². The summed E-state index contributed by atoms with van der Waals surface area (Å²) in [5.41, 5.74) is 1.17. The summed E-state index contributed by atoms with van der Waals surface area (Å²) in [5.74, 6) is 0.522. The van der Waals surface area contributed by atoms with Crippen LogP contribution in [0.1, 0.15) is 12.0 Å². The molecular formula is C15H16O4. The predicted octanol–water partition coefficient (Wildman–Crippen LogP) is 1.53. The summed E-state index contributed by atoms with van der Waals surface area (Å²) < 4.78 is 16.7. The van der Waals surface area contributed by atoms with Crippen molar-refractivity contribution in [3.8, 4) is 0 Å². The molecule has 0 radical (unpaired) electrons. The van der Waals surface area contributed by atoms with E-state index in [4.69, 9.17) is 14.2 Å². The van der Waals surface area contributed by atoms with Crippen LogP contribution < -0.4 is 0 Å². The van der Waals surface area contributed by atoms with Crippen LogP contribution in [0, 0.1) is 11.8 Å². The van der Waals surface area contributed by atoms with Crippen LogP contribution in [0.5, 0.6) is 0 Å². The van der Waals surface area contributed by atoms with E-state index in [2.05, 4.69) is 12.1 Å². The fraction of sp³-hybridized carbons (Fsp3) is 0.533. The van der Waals surface area contributed by atoms with E-state index in [9.17, 15) is 4.79 Å². The lowest BCUT2D eigenvalue weighted by atomic mass is 9.93. The van der Waals surface area contributed by atoms with Gasteiger partial charge in [-0.1, -0.05) is 30.3 Å². The number of hydrogen-bond acceptors (Lipinski definition) is 4. The molecule has 2 aliphatic heterocycles. The molecule has 0 N–H and O–H groups in total. The smallest absolute Gasteiger partial charge is 0.306 e. The van der Waals surface area contributed by atoms with E-state index in [1.165, 1.54) is 5.56 Å². The van der Waals surface area contributed by atoms with Gasteiger partial charge in [0, 0.05) is 11.8 Å². The van der Waals surface area contributed by atoms with Crippen molar-refractivity contribution in [2.24, 2.45) is 11.8 Å². The molecule has 0 aromatic heterocycles. The predicted molar refractivity (Wildman–Crippen MR) is 66.2 cm³/mol. The van der Waals surface area contributed by atoms with Crippen LogP contribution in [0.15, 0.2) is 30.3 Å². The minimum atomic E-state index is -0.0861. The van der Waals surface area contributed by atoms with Gasteiger partial charge in [-0.2, -0.15) is 0 Å². The molecule has 5 atom stereocenters. The minimum Gasteiger partial charge on any atom is -0.459 e. The largest absolute Gasteiger partial charge is 0.459 e. The quantitative estimate of drug-likeness (QED) is 0.608. The van der Waals surface area contributed by atoms with Gasteiger partial charge in [-0.3, -0.25) is 4.79 Å². The van der Waals surface area contributed by atoms with E-state index >= 15 is 0 Å². The first-order valence-corrected chi connectivity index (χ1v) is 6.79. The number of fused-ring (bicyclic) bond motifs is 3. The van der Waals surface area contributed by atoms with Crippen molar-refractivity contribution in [2.75, 3.05) is 6.61 Å². The summed E-state index contributed by atoms with van der Waals surface area (Å²) in [7, 11) is 0. The molecular weight excluding hydrogens is 244 g/mol. The zero-order valence-corrected chi connectivity index (χ0v) is 10.5. The average Bonchev–Trinajstić information content (AvgIpc) is 3.03. The molecule has 4 heteroatoms. The van der Waals surface area contributed by atoms with Gasteiger partial charge >= 0.3 is 5.97 Å². The van der Waals surface area contributed by atoms with Crippen LogP contribution in [-0.4, -0.2) is 30.9 Å². The van der Waals surface area contributed by atoms with Crippen molar-refractivity contribution < 1.29 is 19.0 Å². The van der Waals surface area contributed by atoms with Crippen LogP contribution in [0.25, 0.3) is 0 Å². The van der Waals surface area contributed by atoms with Crippen LogP contribution in [-0.2, 0) is 25.6 Å². The maximum Gasteiger partial charge on any atom is 0.306 e. The number of carbonyl (C=O) groups excluding carboxylic acids is 1. The van der Waals surface area contributed by atoms with Crippen LogP contribution in [0.3, 0.4) is 0 Å². The SMILES string of the molecule is O=C1C[C@@H]2[C@@H](COCc3ccccc3)[C@@H]3O[C@@H]3[C@@H]2O1. The Morgan fingerprint density at radius 1 is 1.16 bits per heavy atom. The van der Waals surface area contributed by atoms with Gasteiger partial charge in [0.2, 0.25) is 0 Å². The second kappa shape index (κ2) is 4.32. The lowest BCUT2D eigenvalue weighted by Crippen LogP contribution is -2.25. The Morgan fingerprint density at radius 3 is 2.84 bits per heavy atom. The summed E-state index contributed by atoms with van der Waals surface area (Å²) in [4.78, 5) is 11.3. The average molecular weight is 260 g/mol. The molecule has 4 nitrogen and oxygen atoms in total. The highest BCUT2D eigenvalue weighted by atomic mass is 16.6. The van der Waals surface area contributed by atoms with Crippen molar-refractivity contribution in [1.29, 1.82) is 0 Å². The van der Waals surface area contributed by atoms with Crippen molar-refractivity contribution in [2.45, 2.75) is 31.3 Å². The van der Waals surface area contributed by atoms with Gasteiger partial charge in [0.25, 0.3) is 0 Å². The summed E-state index contributed by atoms with van der Waals surface area (Å²) in [5, 5.41) is 0. The molecule has 0 spiro atoms. The molecule has 100 valence electrons. The number of carbonyl (C=O) groups is 1. The van der Waals surface area contributed by atoms with Gasteiger partial charge in [0.05, 0.1) is 25.7 Å². The molecule has 1 aliphatic carbocycles. The summed E-state index contributed by atoms with van der Waals surface area (Å²) >= 11 is 0. The number of esters is 1. The third-order valence-corrected chi connectivity index (χ3v) is 4.37. The van der Waals surface area contributed by atoms with E-state index in [0.29, 0.717) is 31.5 Å². The number of ether oxygens (including phenoxy) is 3. The highest BCUT2D eigenvalue weighted by Crippen LogP contribution is 2.52. The molecule has 4 rings (SSSR count). The second-order valence-corrected chi connectivity index (χ2v) is 5.55. The lowest BCUT2D eigenvalue weighted by molar-refractivity contribution is -0.142. The van der Waals surface area contributed by atoms with Gasteiger partial charge in [-0.25, -0.2) is 0 Å². The Balaban J connectivity index is 1.35. The first kappa shape index (κ1) is 11.4. The molecule has 2 heterocycles. The van der Waals surface area contributed by atoms with Crippen LogP contribution in [0.2, 0.25) is 0 Å². The van der Waals surface area contributed by atoms with Gasteiger partial charge in [-0.15, -0.1) is 0 Å². The molecule has 2 saturated heterocycles. The third-order valence-electron chi connectivity index (χ3n) is 4.37. The molecule has 3 fully saturated rings. The molecule has 19 heavy (non-hydrogen) atoms. The van der Waals surface area contributed by atoms with E-state index in [1.807, 2.05) is 18.2 Å². The van der Waals surface area contributed by atoms with Gasteiger partial charge in [-0.05, 0) is 5.56 Å². The summed E-state index contributed by atoms with van der Waals surface area (Å²) in [6.07, 6.45) is 0.906. The standard InChI is InChI=1S/C15H16O4/c16-12-6-10-11(14-15(19-14)13(10)18-12)8-17-7-9-4-2-1-3-5-9/h1-5,10-11,13-15H,6-8H2/t10-,11-,13-,14+,15-/m1/s1. The third kappa shape index (κ3) is 1.95. The van der Waals surface area contributed by atoms with Gasteiger partial charge in [0.1, 0.15) is 12.2 Å². The van der Waals surface area contributed by atoms with E-state index in [1.54, 1.807) is 0 Å². The number of hydrogen-bond donors (Lipinski definition) is 0. The fourth-order valence-corrected chi connectivity index (χ4v) is 3.40. The van der Waals surface area contributed by atoms with Crippen molar-refractivity contribution in [3.05, 3.63) is 35.9 Å². The Morgan fingerprint density at radius 2 is 2.00 bits per heavy atom. The highest BCUT2D eigenvalue weighted by Gasteiger charge is 2.66. The van der Waals surface area contributed by atoms with E-state index in [0.717, 1.165) is 0 Å². The van der Waals surface area contributed by atoms with E-state index in [-0.39, 0.29) is 24.3 Å². The molecule has 1 aromatic rings. The molecule has 0 unspecified atom stereocenters. The molecule has 0 amide bonds. The maximum absolute atomic E-state index is 11.3. The van der Waals surface area contributed by atoms with Gasteiger partial charge < -0.3 is 14.2 Å². The Labute approximate surface area is 111 Å². The normalized spacial score (nSPS) is 38.7. The number of epoxide rings is 1. The highest BCUT2D eigenvalue weighted by molar-refractivity contribution is 5.72. The van der Waals surface area contributed by atoms with Crippen molar-refractivity contribution in [3.63, 3.8) is 0 Å². The summed E-state index contributed by atoms with van der Waals surface area (Å²) in [6, 6.07) is 10.1. The minimum absolute atomic E-state index is 0.0113. The van der Waals surface area contributed by atoms with Crippen molar-refractivity contribution >= 4 is 5.97 Å². The maximum atomic E-state index is 11.3. The monoisotopic (exact) mass is 260 g/mol. The molecule has 3 aliphatic rings.